The fourth-order valence-corrected chi connectivity index (χ4v) is 15.8. The Labute approximate surface area is 530 Å². The fraction of sp³-hybridized carbons (Fsp3) is 0.219. The minimum atomic E-state index is -4.85. The van der Waals surface area contributed by atoms with Crippen molar-refractivity contribution in [2.24, 2.45) is 0 Å². The Hall–Kier alpha value is -8.63. The molecular weight excluding hydrogens is 1190 g/mol. The second-order valence-electron chi connectivity index (χ2n) is 21.7. The zero-order chi connectivity index (χ0) is 63.1. The number of carboxylic acid groups (broad SMARTS) is 1. The van der Waals surface area contributed by atoms with Crippen LogP contribution in [0.5, 0.6) is 0 Å². The van der Waals surface area contributed by atoms with E-state index >= 15 is 13.9 Å². The lowest BCUT2D eigenvalue weighted by atomic mass is 9.98. The Bertz CT molecular complexity index is 3580. The number of carboxylic acids is 1. The smallest absolute Gasteiger partial charge is 0.407 e. The highest BCUT2D eigenvalue weighted by molar-refractivity contribution is 7.72. The lowest BCUT2D eigenvalue weighted by molar-refractivity contribution is -0.171. The third-order valence-corrected chi connectivity index (χ3v) is 20.9. The number of nitrogens with one attached hydrogen (secondary N) is 2. The van der Waals surface area contributed by atoms with Gasteiger partial charge in [-0.25, -0.2) is 9.59 Å². The molecule has 9 aromatic rings. The summed E-state index contributed by atoms with van der Waals surface area (Å²) in [6.45, 7) is -2.02. The third kappa shape index (κ3) is 18.5. The zero-order valence-electron chi connectivity index (χ0n) is 50.0. The molecule has 0 radical (unpaired) electrons. The summed E-state index contributed by atoms with van der Waals surface area (Å²) in [6.07, 6.45) is -6.17. The molecule has 4 atom stereocenters. The summed E-state index contributed by atoms with van der Waals surface area (Å²) in [7, 11) is -9.69. The molecule has 0 saturated carbocycles. The number of carbonyl (C=O) groups excluding carboxylic acids is 2. The summed E-state index contributed by atoms with van der Waals surface area (Å²) < 4.78 is 84.3. The normalized spacial score (nSPS) is 13.5. The second-order valence-corrected chi connectivity index (χ2v) is 26.6. The number of hydrogen-bond donors (Lipinski definition) is 3. The van der Waals surface area contributed by atoms with Crippen LogP contribution in [0.25, 0.3) is 11.1 Å². The first kappa shape index (κ1) is 65.3. The van der Waals surface area contributed by atoms with Gasteiger partial charge in [-0.2, -0.15) is 0 Å². The van der Waals surface area contributed by atoms with Crippen LogP contribution in [0.4, 0.5) is 4.79 Å². The minimum absolute atomic E-state index is 0.0795. The van der Waals surface area contributed by atoms with Crippen molar-refractivity contribution in [3.8, 4) is 11.1 Å². The maximum absolute atomic E-state index is 16.2. The molecule has 0 spiro atoms. The van der Waals surface area contributed by atoms with Crippen molar-refractivity contribution >= 4 is 33.2 Å². The largest absolute Gasteiger partial charge is 0.480 e. The Kier molecular flexibility index (Phi) is 23.6. The lowest BCUT2D eigenvalue weighted by Crippen LogP contribution is -2.59. The molecule has 0 aliphatic heterocycles. The van der Waals surface area contributed by atoms with Gasteiger partial charge in [-0.3, -0.25) is 13.9 Å². The van der Waals surface area contributed by atoms with Crippen molar-refractivity contribution in [1.82, 2.24) is 10.6 Å². The van der Waals surface area contributed by atoms with Gasteiger partial charge in [0, 0.05) is 12.5 Å². The molecule has 2 amide bonds. The Morgan fingerprint density at radius 1 is 0.407 bits per heavy atom. The second kappa shape index (κ2) is 32.9. The summed E-state index contributed by atoms with van der Waals surface area (Å²) in [5.74, 6) is -2.66. The van der Waals surface area contributed by atoms with Crippen LogP contribution in [0.3, 0.4) is 0 Å². The average Bonchev–Trinajstić information content (AvgIpc) is 1.74. The monoisotopic (exact) mass is 1260 g/mol. The molecule has 0 heterocycles. The first-order valence-electron chi connectivity index (χ1n) is 30.0. The van der Waals surface area contributed by atoms with Gasteiger partial charge in [-0.05, 0) is 61.2 Å². The van der Waals surface area contributed by atoms with Crippen LogP contribution in [0.2, 0.25) is 0 Å². The standard InChI is InChI=1S/C73H72N2O14P2/c76-67(44-68(90(80,86-49-57-32-14-4-15-33-57)87-50-58-34-16-5-17-35-58)91(81,88-51-59-36-18-6-19-37-59)89-52-60-38-20-7-21-39-60)74-45-66(82-46-54-26-8-1-9-27-54)70(83-47-55-28-10-2-11-29-55)71(84-48-56-30-12-3-13-31-56)69(72(77)78)75-73(79)85-53-65-63-42-24-22-40-61(63)62-41-23-25-43-64(62)65/h1-43,65-66,68-71H,44-53H2,(H,74,76)(H,75,79)(H,77,78)/t66-,69-,70-,71-/m1/s1. The van der Waals surface area contributed by atoms with Gasteiger partial charge >= 0.3 is 27.3 Å². The van der Waals surface area contributed by atoms with E-state index in [9.17, 15) is 14.7 Å². The molecule has 1 aliphatic carbocycles. The van der Waals surface area contributed by atoms with E-state index in [1.807, 2.05) is 164 Å². The molecule has 0 unspecified atom stereocenters. The number of fused-ring (bicyclic) bond motifs is 3. The summed E-state index contributed by atoms with van der Waals surface area (Å²) in [6, 6.07) is 77.0. The quantitative estimate of drug-likeness (QED) is 0.0321. The number of aliphatic carboxylic acids is 1. The van der Waals surface area contributed by atoms with E-state index in [-0.39, 0.29) is 58.8 Å². The van der Waals surface area contributed by atoms with Crippen molar-refractivity contribution in [2.75, 3.05) is 13.2 Å². The van der Waals surface area contributed by atoms with Crippen LogP contribution >= 0.6 is 15.2 Å². The predicted molar refractivity (Wildman–Crippen MR) is 346 cm³/mol. The first-order chi connectivity index (χ1) is 44.5. The van der Waals surface area contributed by atoms with Gasteiger partial charge in [0.2, 0.25) is 5.91 Å². The average molecular weight is 1260 g/mol. The molecule has 0 bridgehead atoms. The van der Waals surface area contributed by atoms with E-state index in [0.717, 1.165) is 22.3 Å². The van der Waals surface area contributed by atoms with E-state index in [1.165, 1.54) is 0 Å². The maximum atomic E-state index is 16.2. The number of carbonyl (C=O) groups is 3. The fourth-order valence-electron chi connectivity index (χ4n) is 10.6. The Balaban J connectivity index is 1.01. The van der Waals surface area contributed by atoms with Gasteiger partial charge in [0.15, 0.2) is 11.4 Å². The number of rotatable bonds is 34. The molecule has 1 aliphatic rings. The van der Waals surface area contributed by atoms with Crippen molar-refractivity contribution in [2.45, 2.75) is 88.3 Å². The summed E-state index contributed by atoms with van der Waals surface area (Å²) >= 11 is 0. The SMILES string of the molecule is O=C(CC(P(=O)(OCc1ccccc1)OCc1ccccc1)P(=O)(OCc1ccccc1)OCc1ccccc1)NC[C@@H](OCc1ccccc1)[C@@H](OCc1ccccc1)[C@H](OCc1ccccc1)[C@@H](NC(=O)OCC1c2ccccc2-c2ccccc21)C(=O)O. The first-order valence-corrected chi connectivity index (χ1v) is 33.2. The molecule has 16 nitrogen and oxygen atoms in total. The molecule has 10 rings (SSSR count). The molecule has 3 N–H and O–H groups in total. The molecule has 18 heteroatoms. The predicted octanol–water partition coefficient (Wildman–Crippen LogP) is 14.8. The van der Waals surface area contributed by atoms with Crippen molar-refractivity contribution in [3.63, 3.8) is 0 Å². The van der Waals surface area contributed by atoms with Crippen molar-refractivity contribution in [1.29, 1.82) is 0 Å². The van der Waals surface area contributed by atoms with E-state index in [1.54, 1.807) is 97.1 Å². The summed E-state index contributed by atoms with van der Waals surface area (Å²) in [5.41, 5.74) is 8.45. The van der Waals surface area contributed by atoms with Crippen LogP contribution in [0, 0.1) is 0 Å². The Morgan fingerprint density at radius 3 is 1.09 bits per heavy atom. The van der Waals surface area contributed by atoms with Gasteiger partial charge in [0.05, 0.1) is 52.7 Å². The van der Waals surface area contributed by atoms with Gasteiger partial charge in [-0.1, -0.05) is 261 Å². The van der Waals surface area contributed by atoms with E-state index in [4.69, 9.17) is 37.0 Å². The van der Waals surface area contributed by atoms with Gasteiger partial charge in [-0.15, -0.1) is 0 Å². The highest BCUT2D eigenvalue weighted by Crippen LogP contribution is 2.72. The Morgan fingerprint density at radius 2 is 0.725 bits per heavy atom. The van der Waals surface area contributed by atoms with Crippen LogP contribution in [0.1, 0.15) is 62.4 Å². The summed E-state index contributed by atoms with van der Waals surface area (Å²) in [4.78, 5) is 43.7. The lowest BCUT2D eigenvalue weighted by Gasteiger charge is -2.37. The van der Waals surface area contributed by atoms with Gasteiger partial charge in [0.25, 0.3) is 0 Å². The molecule has 0 fully saturated rings. The van der Waals surface area contributed by atoms with Crippen LogP contribution in [-0.2, 0) is 102 Å². The third-order valence-electron chi connectivity index (χ3n) is 15.4. The topological polar surface area (TPSA) is 203 Å². The zero-order valence-corrected chi connectivity index (χ0v) is 51.8. The van der Waals surface area contributed by atoms with Crippen molar-refractivity contribution < 1.29 is 65.7 Å². The van der Waals surface area contributed by atoms with Gasteiger partial charge in [0.1, 0.15) is 24.9 Å². The van der Waals surface area contributed by atoms with E-state index in [0.29, 0.717) is 38.9 Å². The highest BCUT2D eigenvalue weighted by Gasteiger charge is 2.53. The number of benzene rings is 9. The minimum Gasteiger partial charge on any atom is -0.480 e. The number of ether oxygens (including phenoxy) is 4. The molecule has 9 aromatic carbocycles. The number of alkyl carbamates (subject to hydrolysis) is 1. The van der Waals surface area contributed by atoms with E-state index in [2.05, 4.69) is 10.6 Å². The molecule has 0 saturated heterocycles. The molecule has 0 aromatic heterocycles. The summed E-state index contributed by atoms with van der Waals surface area (Å²) in [5, 5.41) is 15.0. The van der Waals surface area contributed by atoms with Gasteiger partial charge < -0.3 is 52.8 Å². The highest BCUT2D eigenvalue weighted by atomic mass is 31.2. The van der Waals surface area contributed by atoms with Crippen LogP contribution in [0.15, 0.2) is 261 Å². The number of hydrogen-bond acceptors (Lipinski definition) is 13. The maximum Gasteiger partial charge on any atom is 0.407 e. The van der Waals surface area contributed by atoms with Crippen LogP contribution < -0.4 is 10.6 Å². The molecule has 91 heavy (non-hydrogen) atoms. The molecular formula is C73H72N2O14P2. The van der Waals surface area contributed by atoms with Crippen LogP contribution in [-0.4, -0.2) is 66.0 Å². The van der Waals surface area contributed by atoms with E-state index < -0.39 is 75.9 Å². The molecule has 468 valence electrons. The number of amides is 2. The van der Waals surface area contributed by atoms with Crippen molar-refractivity contribution in [3.05, 3.63) is 311 Å².